The molecule has 1 aromatic carbocycles. The Kier molecular flexibility index (Phi) is 6.42. The fourth-order valence-electron chi connectivity index (χ4n) is 2.17. The number of amides is 1. The molecule has 2 aromatic rings. The number of carbonyl (C=O) groups excluding carboxylic acids is 1. The Morgan fingerprint density at radius 3 is 2.73 bits per heavy atom. The maximum absolute atomic E-state index is 12.1. The molecule has 0 radical (unpaired) electrons. The molecule has 0 saturated carbocycles. The Labute approximate surface area is 132 Å². The van der Waals surface area contributed by atoms with Gasteiger partial charge < -0.3 is 10.6 Å². The van der Waals surface area contributed by atoms with E-state index in [4.69, 9.17) is 0 Å². The van der Waals surface area contributed by atoms with Crippen LogP contribution in [0.1, 0.15) is 35.7 Å². The SMILES string of the molecule is CCCNc1cncc(C(=O)NCCCc2ccccc2)c1. The first-order chi connectivity index (χ1) is 10.8. The highest BCUT2D eigenvalue weighted by atomic mass is 16.1. The molecule has 0 aliphatic heterocycles. The number of aromatic nitrogens is 1. The van der Waals surface area contributed by atoms with Crippen molar-refractivity contribution in [1.82, 2.24) is 10.3 Å². The number of nitrogens with zero attached hydrogens (tertiary/aromatic N) is 1. The van der Waals surface area contributed by atoms with Gasteiger partial charge in [0.05, 0.1) is 11.3 Å². The number of hydrogen-bond acceptors (Lipinski definition) is 3. The molecule has 1 amide bonds. The van der Waals surface area contributed by atoms with E-state index in [9.17, 15) is 4.79 Å². The van der Waals surface area contributed by atoms with Crippen molar-refractivity contribution in [3.8, 4) is 0 Å². The summed E-state index contributed by atoms with van der Waals surface area (Å²) in [6.45, 7) is 3.65. The van der Waals surface area contributed by atoms with Crippen LogP contribution in [0.4, 0.5) is 5.69 Å². The largest absolute Gasteiger partial charge is 0.384 e. The quantitative estimate of drug-likeness (QED) is 0.735. The zero-order valence-electron chi connectivity index (χ0n) is 13.0. The summed E-state index contributed by atoms with van der Waals surface area (Å²) < 4.78 is 0. The molecule has 4 nitrogen and oxygen atoms in total. The van der Waals surface area contributed by atoms with Crippen molar-refractivity contribution in [2.24, 2.45) is 0 Å². The minimum absolute atomic E-state index is 0.0688. The molecule has 0 aliphatic carbocycles. The summed E-state index contributed by atoms with van der Waals surface area (Å²) >= 11 is 0. The summed E-state index contributed by atoms with van der Waals surface area (Å²) in [5.41, 5.74) is 2.78. The van der Waals surface area contributed by atoms with Gasteiger partial charge in [-0.25, -0.2) is 0 Å². The molecule has 2 N–H and O–H groups in total. The normalized spacial score (nSPS) is 10.2. The van der Waals surface area contributed by atoms with Crippen molar-refractivity contribution in [3.05, 3.63) is 59.9 Å². The fourth-order valence-corrected chi connectivity index (χ4v) is 2.17. The van der Waals surface area contributed by atoms with E-state index in [2.05, 4.69) is 34.7 Å². The lowest BCUT2D eigenvalue weighted by molar-refractivity contribution is 0.0953. The van der Waals surface area contributed by atoms with E-state index in [1.807, 2.05) is 24.3 Å². The van der Waals surface area contributed by atoms with Gasteiger partial charge in [-0.2, -0.15) is 0 Å². The zero-order valence-corrected chi connectivity index (χ0v) is 13.0. The molecule has 0 saturated heterocycles. The molecular weight excluding hydrogens is 274 g/mol. The van der Waals surface area contributed by atoms with Crippen LogP contribution < -0.4 is 10.6 Å². The molecule has 2 rings (SSSR count). The first-order valence-electron chi connectivity index (χ1n) is 7.80. The Morgan fingerprint density at radius 2 is 1.95 bits per heavy atom. The van der Waals surface area contributed by atoms with Crippen molar-refractivity contribution in [2.45, 2.75) is 26.2 Å². The number of hydrogen-bond donors (Lipinski definition) is 2. The second-order valence-corrected chi connectivity index (χ2v) is 5.23. The van der Waals surface area contributed by atoms with Crippen LogP contribution >= 0.6 is 0 Å². The maximum atomic E-state index is 12.1. The Morgan fingerprint density at radius 1 is 1.14 bits per heavy atom. The third kappa shape index (κ3) is 5.20. The predicted molar refractivity (Wildman–Crippen MR) is 90.1 cm³/mol. The van der Waals surface area contributed by atoms with E-state index in [0.29, 0.717) is 12.1 Å². The summed E-state index contributed by atoms with van der Waals surface area (Å²) in [7, 11) is 0. The Hall–Kier alpha value is -2.36. The molecule has 0 unspecified atom stereocenters. The van der Waals surface area contributed by atoms with Gasteiger partial charge in [-0.15, -0.1) is 0 Å². The van der Waals surface area contributed by atoms with E-state index in [-0.39, 0.29) is 5.91 Å². The zero-order chi connectivity index (χ0) is 15.6. The Balaban J connectivity index is 1.77. The third-order valence-corrected chi connectivity index (χ3v) is 3.35. The van der Waals surface area contributed by atoms with Crippen molar-refractivity contribution in [1.29, 1.82) is 0 Å². The van der Waals surface area contributed by atoms with Crippen LogP contribution in [0.5, 0.6) is 0 Å². The number of anilines is 1. The van der Waals surface area contributed by atoms with E-state index < -0.39 is 0 Å². The second-order valence-electron chi connectivity index (χ2n) is 5.23. The van der Waals surface area contributed by atoms with Gasteiger partial charge in [0.2, 0.25) is 0 Å². The highest BCUT2D eigenvalue weighted by Crippen LogP contribution is 2.08. The standard InChI is InChI=1S/C18H23N3O/c1-2-10-20-17-12-16(13-19-14-17)18(22)21-11-6-9-15-7-4-3-5-8-15/h3-5,7-8,12-14,20H,2,6,9-11H2,1H3,(H,21,22). The number of nitrogens with one attached hydrogen (secondary N) is 2. The van der Waals surface area contributed by atoms with Gasteiger partial charge in [0.15, 0.2) is 0 Å². The highest BCUT2D eigenvalue weighted by molar-refractivity contribution is 5.94. The van der Waals surface area contributed by atoms with Gasteiger partial charge in [0.1, 0.15) is 0 Å². The average molecular weight is 297 g/mol. The van der Waals surface area contributed by atoms with Crippen LogP contribution in [0.15, 0.2) is 48.8 Å². The van der Waals surface area contributed by atoms with Crippen LogP contribution in [0.25, 0.3) is 0 Å². The van der Waals surface area contributed by atoms with Crippen molar-refractivity contribution in [3.63, 3.8) is 0 Å². The first-order valence-corrected chi connectivity index (χ1v) is 7.80. The molecule has 116 valence electrons. The summed E-state index contributed by atoms with van der Waals surface area (Å²) in [6, 6.07) is 12.1. The number of aryl methyl sites for hydroxylation is 1. The van der Waals surface area contributed by atoms with Crippen LogP contribution in [0.3, 0.4) is 0 Å². The van der Waals surface area contributed by atoms with Crippen LogP contribution in [-0.4, -0.2) is 24.0 Å². The lowest BCUT2D eigenvalue weighted by Crippen LogP contribution is -2.25. The summed E-state index contributed by atoms with van der Waals surface area (Å²) in [5, 5.41) is 6.18. The molecule has 0 fully saturated rings. The van der Waals surface area contributed by atoms with Gasteiger partial charge in [0, 0.05) is 25.5 Å². The van der Waals surface area contributed by atoms with Crippen molar-refractivity contribution >= 4 is 11.6 Å². The summed E-state index contributed by atoms with van der Waals surface area (Å²) in [6.07, 6.45) is 6.27. The van der Waals surface area contributed by atoms with Crippen LogP contribution in [0, 0.1) is 0 Å². The first kappa shape index (κ1) is 16.0. The monoisotopic (exact) mass is 297 g/mol. The average Bonchev–Trinajstić information content (AvgIpc) is 2.58. The van der Waals surface area contributed by atoms with E-state index in [0.717, 1.165) is 31.5 Å². The van der Waals surface area contributed by atoms with Gasteiger partial charge in [-0.1, -0.05) is 37.3 Å². The van der Waals surface area contributed by atoms with Crippen molar-refractivity contribution in [2.75, 3.05) is 18.4 Å². The predicted octanol–water partition coefficient (Wildman–Crippen LogP) is 3.27. The lowest BCUT2D eigenvalue weighted by atomic mass is 10.1. The molecule has 4 heteroatoms. The third-order valence-electron chi connectivity index (χ3n) is 3.35. The van der Waals surface area contributed by atoms with Gasteiger partial charge in [-0.05, 0) is 30.9 Å². The van der Waals surface area contributed by atoms with E-state index in [1.54, 1.807) is 12.4 Å². The van der Waals surface area contributed by atoms with Gasteiger partial charge >= 0.3 is 0 Å². The Bertz CT molecular complexity index is 584. The molecule has 0 spiro atoms. The number of pyridine rings is 1. The number of benzene rings is 1. The highest BCUT2D eigenvalue weighted by Gasteiger charge is 2.06. The summed E-state index contributed by atoms with van der Waals surface area (Å²) in [5.74, 6) is -0.0688. The molecule has 22 heavy (non-hydrogen) atoms. The van der Waals surface area contributed by atoms with Crippen molar-refractivity contribution < 1.29 is 4.79 Å². The minimum Gasteiger partial charge on any atom is -0.384 e. The molecule has 0 bridgehead atoms. The molecule has 1 heterocycles. The lowest BCUT2D eigenvalue weighted by Gasteiger charge is -2.08. The molecule has 0 atom stereocenters. The number of carbonyl (C=O) groups is 1. The molecular formula is C18H23N3O. The topological polar surface area (TPSA) is 54.0 Å². The maximum Gasteiger partial charge on any atom is 0.252 e. The molecule has 0 aliphatic rings. The van der Waals surface area contributed by atoms with E-state index in [1.165, 1.54) is 5.56 Å². The second kappa shape index (κ2) is 8.82. The molecule has 1 aromatic heterocycles. The van der Waals surface area contributed by atoms with Crippen LogP contribution in [-0.2, 0) is 6.42 Å². The summed E-state index contributed by atoms with van der Waals surface area (Å²) in [4.78, 5) is 16.2. The van der Waals surface area contributed by atoms with Crippen LogP contribution in [0.2, 0.25) is 0 Å². The van der Waals surface area contributed by atoms with E-state index >= 15 is 0 Å². The smallest absolute Gasteiger partial charge is 0.252 e. The fraction of sp³-hybridized carbons (Fsp3) is 0.333. The minimum atomic E-state index is -0.0688. The number of rotatable bonds is 8. The van der Waals surface area contributed by atoms with Gasteiger partial charge in [0.25, 0.3) is 5.91 Å². The van der Waals surface area contributed by atoms with Gasteiger partial charge in [-0.3, -0.25) is 9.78 Å².